The van der Waals surface area contributed by atoms with E-state index < -0.39 is 0 Å². The van der Waals surface area contributed by atoms with Gasteiger partial charge in [-0.3, -0.25) is 9.59 Å². The molecule has 1 N–H and O–H groups in total. The lowest BCUT2D eigenvalue weighted by Crippen LogP contribution is -2.33. The lowest BCUT2D eigenvalue weighted by molar-refractivity contribution is -0.114. The summed E-state index contributed by atoms with van der Waals surface area (Å²) in [5.41, 5.74) is 5.71. The molecular weight excluding hydrogens is 512 g/mol. The lowest BCUT2D eigenvalue weighted by Gasteiger charge is -2.30. The number of nitrogens with zero attached hydrogens (tertiary/aromatic N) is 1. The van der Waals surface area contributed by atoms with Crippen LogP contribution in [0.1, 0.15) is 32.6 Å². The summed E-state index contributed by atoms with van der Waals surface area (Å²) < 4.78 is 0. The van der Waals surface area contributed by atoms with Gasteiger partial charge in [0.15, 0.2) is 0 Å². The Morgan fingerprint density at radius 2 is 1.68 bits per heavy atom. The zero-order valence-corrected chi connectivity index (χ0v) is 22.6. The van der Waals surface area contributed by atoms with Crippen molar-refractivity contribution in [1.29, 1.82) is 0 Å². The Morgan fingerprint density at radius 1 is 0.921 bits per heavy atom. The third-order valence-corrected chi connectivity index (χ3v) is 7.66. The number of hydrogen-bond donors (Lipinski definition) is 1. The van der Waals surface area contributed by atoms with E-state index in [-0.39, 0.29) is 11.8 Å². The van der Waals surface area contributed by atoms with E-state index in [9.17, 15) is 9.59 Å². The third kappa shape index (κ3) is 6.18. The van der Waals surface area contributed by atoms with Crippen molar-refractivity contribution in [2.24, 2.45) is 0 Å². The van der Waals surface area contributed by atoms with Crippen molar-refractivity contribution in [3.63, 3.8) is 0 Å². The maximum Gasteiger partial charge on any atom is 0.265 e. The summed E-state index contributed by atoms with van der Waals surface area (Å²) in [7, 11) is 0. The molecule has 38 heavy (non-hydrogen) atoms. The zero-order chi connectivity index (χ0) is 26.5. The van der Waals surface area contributed by atoms with Gasteiger partial charge < -0.3 is 10.2 Å². The average Bonchev–Trinajstić information content (AvgIpc) is 2.92. The number of halogens is 1. The molecule has 1 aliphatic rings. The SMILES string of the molecule is Cc1ccc(CCNC(=O)c2ccc(/C=C3/Sc4ccccc4N(Cc4cccc(Cl)c4)C3=O)cc2)cc1. The van der Waals surface area contributed by atoms with E-state index in [1.165, 1.54) is 22.9 Å². The number of carbonyl (C=O) groups is 2. The van der Waals surface area contributed by atoms with Crippen LogP contribution >= 0.6 is 23.4 Å². The number of para-hydroxylation sites is 1. The van der Waals surface area contributed by atoms with Gasteiger partial charge in [-0.15, -0.1) is 0 Å². The van der Waals surface area contributed by atoms with Crippen LogP contribution < -0.4 is 10.2 Å². The van der Waals surface area contributed by atoms with Crippen LogP contribution in [0.25, 0.3) is 6.08 Å². The number of thioether (sulfide) groups is 1. The van der Waals surface area contributed by atoms with Crippen LogP contribution in [0, 0.1) is 6.92 Å². The van der Waals surface area contributed by atoms with Crippen molar-refractivity contribution >= 4 is 46.9 Å². The van der Waals surface area contributed by atoms with E-state index >= 15 is 0 Å². The number of hydrogen-bond acceptors (Lipinski definition) is 3. The standard InChI is InChI=1S/C32H27ClN2O2S/c1-22-9-11-23(12-10-22)17-18-34-31(36)26-15-13-24(14-16-26)20-30-32(37)35(21-25-5-4-6-27(33)19-25)28-7-2-3-8-29(28)38-30/h2-16,19-20H,17-18,21H2,1H3,(H,34,36)/b30-20+. The van der Waals surface area contributed by atoms with Gasteiger partial charge in [0.2, 0.25) is 0 Å². The molecule has 1 aliphatic heterocycles. The topological polar surface area (TPSA) is 49.4 Å². The number of aryl methyl sites for hydroxylation is 1. The monoisotopic (exact) mass is 538 g/mol. The molecule has 0 saturated carbocycles. The normalized spacial score (nSPS) is 13.9. The molecule has 0 aliphatic carbocycles. The second kappa shape index (κ2) is 11.7. The summed E-state index contributed by atoms with van der Waals surface area (Å²) >= 11 is 7.65. The second-order valence-electron chi connectivity index (χ2n) is 9.21. The Balaban J connectivity index is 1.29. The van der Waals surface area contributed by atoms with Gasteiger partial charge in [0, 0.05) is 22.0 Å². The maximum atomic E-state index is 13.6. The highest BCUT2D eigenvalue weighted by molar-refractivity contribution is 8.04. The summed E-state index contributed by atoms with van der Waals surface area (Å²) in [6.45, 7) is 3.06. The van der Waals surface area contributed by atoms with Gasteiger partial charge in [-0.2, -0.15) is 0 Å². The van der Waals surface area contributed by atoms with Crippen LogP contribution in [0.4, 0.5) is 5.69 Å². The highest BCUT2D eigenvalue weighted by atomic mass is 35.5. The largest absolute Gasteiger partial charge is 0.352 e. The molecule has 5 rings (SSSR count). The van der Waals surface area contributed by atoms with Crippen molar-refractivity contribution in [2.75, 3.05) is 11.4 Å². The first-order chi connectivity index (χ1) is 18.5. The first kappa shape index (κ1) is 25.8. The Bertz CT molecular complexity index is 1500. The predicted octanol–water partition coefficient (Wildman–Crippen LogP) is 7.30. The van der Waals surface area contributed by atoms with Crippen LogP contribution in [0.2, 0.25) is 5.02 Å². The van der Waals surface area contributed by atoms with Gasteiger partial charge in [-0.25, -0.2) is 0 Å². The number of anilines is 1. The fourth-order valence-electron chi connectivity index (χ4n) is 4.30. The quantitative estimate of drug-likeness (QED) is 0.251. The summed E-state index contributed by atoms with van der Waals surface area (Å²) in [6, 6.07) is 31.1. The molecule has 4 aromatic rings. The highest BCUT2D eigenvalue weighted by Gasteiger charge is 2.29. The molecule has 0 aromatic heterocycles. The smallest absolute Gasteiger partial charge is 0.265 e. The van der Waals surface area contributed by atoms with E-state index in [1.807, 2.05) is 66.7 Å². The molecule has 0 saturated heterocycles. The van der Waals surface area contributed by atoms with E-state index in [2.05, 4.69) is 36.5 Å². The molecule has 4 nitrogen and oxygen atoms in total. The van der Waals surface area contributed by atoms with Crippen molar-refractivity contribution in [2.45, 2.75) is 24.8 Å². The minimum Gasteiger partial charge on any atom is -0.352 e. The van der Waals surface area contributed by atoms with Crippen LogP contribution in [0.15, 0.2) is 107 Å². The third-order valence-electron chi connectivity index (χ3n) is 6.35. The Labute approximate surface area is 232 Å². The number of nitrogens with one attached hydrogen (secondary N) is 1. The van der Waals surface area contributed by atoms with Gasteiger partial charge in [0.05, 0.1) is 17.1 Å². The molecule has 190 valence electrons. The molecule has 6 heteroatoms. The minimum atomic E-state index is -0.110. The van der Waals surface area contributed by atoms with E-state index in [0.29, 0.717) is 28.6 Å². The molecule has 4 aromatic carbocycles. The Hall–Kier alpha value is -3.80. The van der Waals surface area contributed by atoms with Crippen LogP contribution in [0.3, 0.4) is 0 Å². The van der Waals surface area contributed by atoms with Crippen molar-refractivity contribution < 1.29 is 9.59 Å². The number of benzene rings is 4. The van der Waals surface area contributed by atoms with Gasteiger partial charge in [0.1, 0.15) is 0 Å². The lowest BCUT2D eigenvalue weighted by atomic mass is 10.1. The van der Waals surface area contributed by atoms with Crippen LogP contribution in [0.5, 0.6) is 0 Å². The second-order valence-corrected chi connectivity index (χ2v) is 10.7. The fraction of sp³-hybridized carbons (Fsp3) is 0.125. The highest BCUT2D eigenvalue weighted by Crippen LogP contribution is 2.42. The molecule has 0 bridgehead atoms. The molecule has 2 amide bonds. The first-order valence-corrected chi connectivity index (χ1v) is 13.6. The number of amides is 2. The molecule has 0 radical (unpaired) electrons. The minimum absolute atomic E-state index is 0.0633. The zero-order valence-electron chi connectivity index (χ0n) is 21.0. The molecule has 0 fully saturated rings. The Morgan fingerprint density at radius 3 is 2.45 bits per heavy atom. The van der Waals surface area contributed by atoms with Gasteiger partial charge in [-0.05, 0) is 72.5 Å². The summed E-state index contributed by atoms with van der Waals surface area (Å²) in [5, 5.41) is 3.63. The first-order valence-electron chi connectivity index (χ1n) is 12.4. The summed E-state index contributed by atoms with van der Waals surface area (Å²) in [6.07, 6.45) is 2.66. The fourth-order valence-corrected chi connectivity index (χ4v) is 5.57. The van der Waals surface area contributed by atoms with Crippen LogP contribution in [-0.4, -0.2) is 18.4 Å². The summed E-state index contributed by atoms with van der Waals surface area (Å²) in [5.74, 6) is -0.173. The van der Waals surface area contributed by atoms with Crippen molar-refractivity contribution in [3.8, 4) is 0 Å². The van der Waals surface area contributed by atoms with E-state index in [0.717, 1.165) is 28.1 Å². The van der Waals surface area contributed by atoms with Crippen molar-refractivity contribution in [3.05, 3.63) is 135 Å². The number of fused-ring (bicyclic) bond motifs is 1. The molecule has 0 spiro atoms. The molecule has 1 heterocycles. The summed E-state index contributed by atoms with van der Waals surface area (Å²) in [4.78, 5) is 29.6. The van der Waals surface area contributed by atoms with Gasteiger partial charge >= 0.3 is 0 Å². The van der Waals surface area contributed by atoms with Gasteiger partial charge in [-0.1, -0.05) is 89.6 Å². The maximum absolute atomic E-state index is 13.6. The van der Waals surface area contributed by atoms with E-state index in [1.54, 1.807) is 17.0 Å². The number of carbonyl (C=O) groups excluding carboxylic acids is 2. The molecule has 0 atom stereocenters. The Kier molecular flexibility index (Phi) is 7.97. The molecule has 0 unspecified atom stereocenters. The average molecular weight is 539 g/mol. The van der Waals surface area contributed by atoms with Crippen molar-refractivity contribution in [1.82, 2.24) is 5.32 Å². The van der Waals surface area contributed by atoms with Crippen LogP contribution in [-0.2, 0) is 17.8 Å². The molecular formula is C32H27ClN2O2S. The van der Waals surface area contributed by atoms with E-state index in [4.69, 9.17) is 11.6 Å². The number of rotatable bonds is 7. The van der Waals surface area contributed by atoms with Gasteiger partial charge in [0.25, 0.3) is 11.8 Å². The predicted molar refractivity (Wildman–Crippen MR) is 157 cm³/mol.